The van der Waals surface area contributed by atoms with Crippen molar-refractivity contribution >= 4 is 5.97 Å². The summed E-state index contributed by atoms with van der Waals surface area (Å²) in [7, 11) is 1.34. The maximum atomic E-state index is 11.5. The van der Waals surface area contributed by atoms with Crippen molar-refractivity contribution in [2.75, 3.05) is 7.11 Å². The highest BCUT2D eigenvalue weighted by Crippen LogP contribution is 2.24. The summed E-state index contributed by atoms with van der Waals surface area (Å²) in [6.07, 6.45) is 4.29. The fourth-order valence-corrected chi connectivity index (χ4v) is 1.99. The maximum absolute atomic E-state index is 11.5. The van der Waals surface area contributed by atoms with E-state index in [0.717, 1.165) is 19.3 Å². The van der Waals surface area contributed by atoms with Gasteiger partial charge in [-0.25, -0.2) is 9.78 Å². The van der Waals surface area contributed by atoms with Crippen molar-refractivity contribution in [1.82, 2.24) is 4.98 Å². The lowest BCUT2D eigenvalue weighted by Crippen LogP contribution is -2.20. The number of pyridine rings is 1. The number of hydrogen-bond acceptors (Lipinski definition) is 5. The van der Waals surface area contributed by atoms with Gasteiger partial charge in [0.25, 0.3) is 0 Å². The molecule has 0 bridgehead atoms. The topological polar surface area (TPSA) is 74.4 Å². The van der Waals surface area contributed by atoms with Crippen LogP contribution in [0.15, 0.2) is 18.3 Å². The minimum Gasteiger partial charge on any atom is -0.474 e. The van der Waals surface area contributed by atoms with Crippen molar-refractivity contribution in [1.29, 1.82) is 0 Å². The lowest BCUT2D eigenvalue weighted by Gasteiger charge is -2.14. The normalized spacial score (nSPS) is 23.4. The number of nitrogens with two attached hydrogens (primary N) is 1. The monoisotopic (exact) mass is 236 g/mol. The summed E-state index contributed by atoms with van der Waals surface area (Å²) < 4.78 is 10.4. The zero-order valence-corrected chi connectivity index (χ0v) is 9.76. The quantitative estimate of drug-likeness (QED) is 0.796. The Hall–Kier alpha value is -1.62. The standard InChI is InChI=1S/C12H16N2O3/c1-16-12(15)10-3-2-6-14-11(10)17-9-5-4-8(13)7-9/h2-3,6,8-9H,4-5,7,13H2,1H3. The summed E-state index contributed by atoms with van der Waals surface area (Å²) in [5.41, 5.74) is 6.17. The van der Waals surface area contributed by atoms with Crippen LogP contribution in [0.25, 0.3) is 0 Å². The first-order chi connectivity index (χ1) is 8.20. The summed E-state index contributed by atoms with van der Waals surface area (Å²) in [6.45, 7) is 0. The fourth-order valence-electron chi connectivity index (χ4n) is 1.99. The highest BCUT2D eigenvalue weighted by molar-refractivity contribution is 5.91. The molecule has 0 aliphatic heterocycles. The van der Waals surface area contributed by atoms with Gasteiger partial charge in [-0.1, -0.05) is 0 Å². The van der Waals surface area contributed by atoms with Crippen LogP contribution in [0.4, 0.5) is 0 Å². The van der Waals surface area contributed by atoms with Gasteiger partial charge in [0.15, 0.2) is 0 Å². The molecular weight excluding hydrogens is 220 g/mol. The first-order valence-electron chi connectivity index (χ1n) is 5.66. The van der Waals surface area contributed by atoms with Crippen LogP contribution < -0.4 is 10.5 Å². The van der Waals surface area contributed by atoms with Crippen molar-refractivity contribution in [3.05, 3.63) is 23.9 Å². The fraction of sp³-hybridized carbons (Fsp3) is 0.500. The van der Waals surface area contributed by atoms with Crippen molar-refractivity contribution < 1.29 is 14.3 Å². The van der Waals surface area contributed by atoms with Gasteiger partial charge in [-0.05, 0) is 31.4 Å². The van der Waals surface area contributed by atoms with E-state index in [4.69, 9.17) is 10.5 Å². The molecule has 2 N–H and O–H groups in total. The number of aromatic nitrogens is 1. The molecule has 17 heavy (non-hydrogen) atoms. The van der Waals surface area contributed by atoms with Gasteiger partial charge in [-0.2, -0.15) is 0 Å². The molecule has 1 aromatic heterocycles. The molecule has 1 fully saturated rings. The molecule has 92 valence electrons. The molecule has 1 heterocycles. The third-order valence-electron chi connectivity index (χ3n) is 2.88. The van der Waals surface area contributed by atoms with Crippen LogP contribution in [-0.2, 0) is 4.74 Å². The summed E-state index contributed by atoms with van der Waals surface area (Å²) in [5.74, 6) is -0.103. The zero-order valence-electron chi connectivity index (χ0n) is 9.76. The molecular formula is C12H16N2O3. The largest absolute Gasteiger partial charge is 0.474 e. The van der Waals surface area contributed by atoms with Gasteiger partial charge in [0.2, 0.25) is 5.88 Å². The SMILES string of the molecule is COC(=O)c1cccnc1OC1CCC(N)C1. The van der Waals surface area contributed by atoms with Crippen molar-refractivity contribution in [2.45, 2.75) is 31.4 Å². The zero-order chi connectivity index (χ0) is 12.3. The average Bonchev–Trinajstić information content (AvgIpc) is 2.74. The van der Waals surface area contributed by atoms with Crippen LogP contribution in [0.1, 0.15) is 29.6 Å². The number of nitrogens with zero attached hydrogens (tertiary/aromatic N) is 1. The lowest BCUT2D eigenvalue weighted by molar-refractivity contribution is 0.0591. The Labute approximate surface area is 99.9 Å². The van der Waals surface area contributed by atoms with E-state index in [-0.39, 0.29) is 12.1 Å². The Morgan fingerprint density at radius 3 is 3.00 bits per heavy atom. The second-order valence-corrected chi connectivity index (χ2v) is 4.16. The molecule has 1 aromatic rings. The first kappa shape index (κ1) is 11.9. The highest BCUT2D eigenvalue weighted by atomic mass is 16.5. The van der Waals surface area contributed by atoms with Gasteiger partial charge in [0.05, 0.1) is 7.11 Å². The molecule has 5 heteroatoms. The molecule has 1 saturated carbocycles. The van der Waals surface area contributed by atoms with Crippen LogP contribution in [0.3, 0.4) is 0 Å². The van der Waals surface area contributed by atoms with Gasteiger partial charge >= 0.3 is 5.97 Å². The summed E-state index contributed by atoms with van der Waals surface area (Å²) in [4.78, 5) is 15.6. The molecule has 5 nitrogen and oxygen atoms in total. The number of carbonyl (C=O) groups is 1. The molecule has 1 aliphatic carbocycles. The molecule has 2 unspecified atom stereocenters. The molecule has 2 rings (SSSR count). The summed E-state index contributed by atoms with van der Waals surface area (Å²) in [5, 5.41) is 0. The third kappa shape index (κ3) is 2.74. The second-order valence-electron chi connectivity index (χ2n) is 4.16. The van der Waals surface area contributed by atoms with Crippen LogP contribution in [0.2, 0.25) is 0 Å². The molecule has 0 radical (unpaired) electrons. The first-order valence-corrected chi connectivity index (χ1v) is 5.66. The van der Waals surface area contributed by atoms with Gasteiger partial charge in [0.1, 0.15) is 11.7 Å². The van der Waals surface area contributed by atoms with Gasteiger partial charge < -0.3 is 15.2 Å². The summed E-state index contributed by atoms with van der Waals surface area (Å²) in [6, 6.07) is 3.51. The van der Waals surface area contributed by atoms with E-state index >= 15 is 0 Å². The summed E-state index contributed by atoms with van der Waals surface area (Å²) >= 11 is 0. The molecule has 2 atom stereocenters. The third-order valence-corrected chi connectivity index (χ3v) is 2.88. The van der Waals surface area contributed by atoms with E-state index in [9.17, 15) is 4.79 Å². The molecule has 0 aromatic carbocycles. The Morgan fingerprint density at radius 2 is 2.35 bits per heavy atom. The predicted molar refractivity (Wildman–Crippen MR) is 61.8 cm³/mol. The van der Waals surface area contributed by atoms with Crippen molar-refractivity contribution in [3.63, 3.8) is 0 Å². The Morgan fingerprint density at radius 1 is 1.53 bits per heavy atom. The van der Waals surface area contributed by atoms with Crippen molar-refractivity contribution in [2.24, 2.45) is 5.73 Å². The second kappa shape index (κ2) is 5.14. The molecule has 0 amide bonds. The van der Waals surface area contributed by atoms with Crippen LogP contribution in [0.5, 0.6) is 5.88 Å². The smallest absolute Gasteiger partial charge is 0.343 e. The van der Waals surface area contributed by atoms with Crippen LogP contribution in [0, 0.1) is 0 Å². The van der Waals surface area contributed by atoms with E-state index in [1.165, 1.54) is 7.11 Å². The molecule has 0 spiro atoms. The number of esters is 1. The Kier molecular flexibility index (Phi) is 3.58. The maximum Gasteiger partial charge on any atom is 0.343 e. The average molecular weight is 236 g/mol. The van der Waals surface area contributed by atoms with E-state index in [1.807, 2.05) is 0 Å². The van der Waals surface area contributed by atoms with Gasteiger partial charge in [-0.15, -0.1) is 0 Å². The van der Waals surface area contributed by atoms with Crippen LogP contribution >= 0.6 is 0 Å². The van der Waals surface area contributed by atoms with E-state index in [0.29, 0.717) is 11.4 Å². The minimum absolute atomic E-state index is 0.0447. The minimum atomic E-state index is -0.435. The highest BCUT2D eigenvalue weighted by Gasteiger charge is 2.25. The van der Waals surface area contributed by atoms with Gasteiger partial charge in [-0.3, -0.25) is 0 Å². The van der Waals surface area contributed by atoms with E-state index in [2.05, 4.69) is 9.72 Å². The predicted octanol–water partition coefficient (Wildman–Crippen LogP) is 1.13. The van der Waals surface area contributed by atoms with Crippen LogP contribution in [-0.4, -0.2) is 30.2 Å². The number of ether oxygens (including phenoxy) is 2. The number of methoxy groups -OCH3 is 1. The lowest BCUT2D eigenvalue weighted by atomic mass is 10.2. The number of carbonyl (C=O) groups excluding carboxylic acids is 1. The van der Waals surface area contributed by atoms with E-state index < -0.39 is 5.97 Å². The molecule has 1 aliphatic rings. The Balaban J connectivity index is 2.12. The van der Waals surface area contributed by atoms with Crippen molar-refractivity contribution in [3.8, 4) is 5.88 Å². The van der Waals surface area contributed by atoms with Gasteiger partial charge in [0, 0.05) is 12.2 Å². The Bertz CT molecular complexity index is 408. The molecule has 0 saturated heterocycles. The number of rotatable bonds is 3. The number of hydrogen-bond donors (Lipinski definition) is 1. The van der Waals surface area contributed by atoms with E-state index in [1.54, 1.807) is 18.3 Å².